The Hall–Kier alpha value is -1.79. The Morgan fingerprint density at radius 1 is 1.60 bits per heavy atom. The number of hydrogen-bond acceptors (Lipinski definition) is 5. The van der Waals surface area contributed by atoms with Crippen LogP contribution in [0.15, 0.2) is 24.3 Å². The van der Waals surface area contributed by atoms with Gasteiger partial charge in [0.15, 0.2) is 6.61 Å². The monoisotopic (exact) mass is 279 g/mol. The highest BCUT2D eigenvalue weighted by Crippen LogP contribution is 2.13. The molecule has 2 rings (SSSR count). The van der Waals surface area contributed by atoms with E-state index in [0.29, 0.717) is 24.6 Å². The van der Waals surface area contributed by atoms with Crippen LogP contribution < -0.4 is 15.8 Å². The van der Waals surface area contributed by atoms with Gasteiger partial charge in [-0.05, 0) is 19.2 Å². The quantitative estimate of drug-likeness (QED) is 0.747. The van der Waals surface area contributed by atoms with Crippen molar-refractivity contribution < 1.29 is 14.3 Å². The lowest BCUT2D eigenvalue weighted by Crippen LogP contribution is -2.46. The third-order valence-electron chi connectivity index (χ3n) is 3.10. The molecule has 1 saturated heterocycles. The number of anilines is 1. The fourth-order valence-electron chi connectivity index (χ4n) is 2.02. The lowest BCUT2D eigenvalue weighted by atomic mass is 10.3. The van der Waals surface area contributed by atoms with Crippen molar-refractivity contribution in [1.29, 1.82) is 0 Å². The molecular formula is C14H21N3O3. The smallest absolute Gasteiger partial charge is 0.258 e. The largest absolute Gasteiger partial charge is 0.484 e. The Kier molecular flexibility index (Phi) is 5.20. The van der Waals surface area contributed by atoms with Gasteiger partial charge in [-0.25, -0.2) is 0 Å². The first-order chi connectivity index (χ1) is 9.63. The van der Waals surface area contributed by atoms with Gasteiger partial charge in [0.05, 0.1) is 12.7 Å². The van der Waals surface area contributed by atoms with Gasteiger partial charge in [-0.2, -0.15) is 0 Å². The summed E-state index contributed by atoms with van der Waals surface area (Å²) in [4.78, 5) is 13.9. The minimum atomic E-state index is -0.163. The fraction of sp³-hybridized carbons (Fsp3) is 0.500. The average Bonchev–Trinajstić information content (AvgIpc) is 2.43. The lowest BCUT2D eigenvalue weighted by Gasteiger charge is -2.30. The zero-order valence-corrected chi connectivity index (χ0v) is 11.7. The van der Waals surface area contributed by atoms with E-state index in [1.807, 2.05) is 7.05 Å². The second kappa shape index (κ2) is 7.12. The molecule has 1 aromatic carbocycles. The summed E-state index contributed by atoms with van der Waals surface area (Å²) >= 11 is 0. The van der Waals surface area contributed by atoms with Crippen molar-refractivity contribution in [3.8, 4) is 5.75 Å². The van der Waals surface area contributed by atoms with Crippen molar-refractivity contribution in [2.75, 3.05) is 45.6 Å². The average molecular weight is 279 g/mol. The first kappa shape index (κ1) is 14.6. The molecule has 20 heavy (non-hydrogen) atoms. The van der Waals surface area contributed by atoms with Gasteiger partial charge >= 0.3 is 0 Å². The van der Waals surface area contributed by atoms with Gasteiger partial charge in [-0.3, -0.25) is 4.79 Å². The van der Waals surface area contributed by atoms with Crippen LogP contribution in [0.4, 0.5) is 5.69 Å². The number of benzene rings is 1. The molecule has 1 aliphatic heterocycles. The molecule has 0 spiro atoms. The van der Waals surface area contributed by atoms with Crippen molar-refractivity contribution in [2.45, 2.75) is 6.10 Å². The molecule has 6 heteroatoms. The topological polar surface area (TPSA) is 76.8 Å². The number of carbonyl (C=O) groups is 1. The molecule has 1 amide bonds. The normalized spacial score (nSPS) is 19.6. The van der Waals surface area contributed by atoms with Crippen molar-refractivity contribution in [3.05, 3.63) is 24.3 Å². The van der Waals surface area contributed by atoms with Crippen molar-refractivity contribution in [1.82, 2.24) is 10.2 Å². The number of likely N-dealkylation sites (N-methyl/N-ethyl adjacent to an activating group) is 1. The van der Waals surface area contributed by atoms with Crippen LogP contribution in [0.3, 0.4) is 0 Å². The van der Waals surface area contributed by atoms with E-state index >= 15 is 0 Å². The number of carbonyl (C=O) groups excluding carboxylic acids is 1. The van der Waals surface area contributed by atoms with E-state index < -0.39 is 0 Å². The van der Waals surface area contributed by atoms with Gasteiger partial charge in [0, 0.05) is 31.4 Å². The van der Waals surface area contributed by atoms with Crippen LogP contribution in [0.2, 0.25) is 0 Å². The molecule has 1 heterocycles. The van der Waals surface area contributed by atoms with Crippen LogP contribution in [0, 0.1) is 0 Å². The molecule has 1 unspecified atom stereocenters. The van der Waals surface area contributed by atoms with Crippen LogP contribution in [0.1, 0.15) is 0 Å². The molecule has 1 fully saturated rings. The molecular weight excluding hydrogens is 258 g/mol. The van der Waals surface area contributed by atoms with E-state index in [1.165, 1.54) is 0 Å². The summed E-state index contributed by atoms with van der Waals surface area (Å²) in [6.45, 7) is 2.95. The zero-order chi connectivity index (χ0) is 14.4. The standard InChI is InChI=1S/C14H21N3O3/c1-17-5-6-19-13(9-17)8-16-14(18)10-20-12-4-2-3-11(15)7-12/h2-4,7,13H,5-6,8-10,15H2,1H3,(H,16,18). The third kappa shape index (κ3) is 4.71. The van der Waals surface area contributed by atoms with Gasteiger partial charge in [-0.1, -0.05) is 6.07 Å². The minimum absolute atomic E-state index is 0.0218. The number of nitrogens with zero attached hydrogens (tertiary/aromatic N) is 1. The number of nitrogens with one attached hydrogen (secondary N) is 1. The van der Waals surface area contributed by atoms with Gasteiger partial charge in [0.1, 0.15) is 5.75 Å². The van der Waals surface area contributed by atoms with E-state index in [4.69, 9.17) is 15.2 Å². The lowest BCUT2D eigenvalue weighted by molar-refractivity contribution is -0.124. The van der Waals surface area contributed by atoms with Crippen LogP contribution in [0.5, 0.6) is 5.75 Å². The van der Waals surface area contributed by atoms with Crippen molar-refractivity contribution in [2.24, 2.45) is 0 Å². The highest BCUT2D eigenvalue weighted by atomic mass is 16.5. The van der Waals surface area contributed by atoms with Gasteiger partial charge in [-0.15, -0.1) is 0 Å². The molecule has 3 N–H and O–H groups in total. The number of amides is 1. The Bertz CT molecular complexity index is 453. The number of nitrogen functional groups attached to an aromatic ring is 1. The summed E-state index contributed by atoms with van der Waals surface area (Å²) in [5.74, 6) is 0.429. The molecule has 110 valence electrons. The third-order valence-corrected chi connectivity index (χ3v) is 3.10. The first-order valence-corrected chi connectivity index (χ1v) is 6.68. The van der Waals surface area contributed by atoms with Crippen LogP contribution in [0.25, 0.3) is 0 Å². The van der Waals surface area contributed by atoms with Crippen molar-refractivity contribution >= 4 is 11.6 Å². The predicted octanol–water partition coefficient (Wildman–Crippen LogP) is 0.0944. The van der Waals surface area contributed by atoms with Gasteiger partial charge in [0.2, 0.25) is 0 Å². The number of hydrogen-bond donors (Lipinski definition) is 2. The Morgan fingerprint density at radius 3 is 3.20 bits per heavy atom. The van der Waals surface area contributed by atoms with E-state index in [1.54, 1.807) is 24.3 Å². The summed E-state index contributed by atoms with van der Waals surface area (Å²) in [6.07, 6.45) is 0.0464. The summed E-state index contributed by atoms with van der Waals surface area (Å²) in [5.41, 5.74) is 6.24. The fourth-order valence-corrected chi connectivity index (χ4v) is 2.02. The van der Waals surface area contributed by atoms with Crippen LogP contribution >= 0.6 is 0 Å². The summed E-state index contributed by atoms with van der Waals surface area (Å²) in [6, 6.07) is 7.01. The highest BCUT2D eigenvalue weighted by Gasteiger charge is 2.18. The molecule has 1 atom stereocenters. The van der Waals surface area contributed by atoms with Gasteiger partial charge < -0.3 is 25.4 Å². The molecule has 0 radical (unpaired) electrons. The van der Waals surface area contributed by atoms with Crippen molar-refractivity contribution in [3.63, 3.8) is 0 Å². The molecule has 0 saturated carbocycles. The molecule has 1 aromatic rings. The summed E-state index contributed by atoms with van der Waals surface area (Å²) in [5, 5.41) is 2.81. The number of morpholine rings is 1. The minimum Gasteiger partial charge on any atom is -0.484 e. The maximum absolute atomic E-state index is 11.7. The first-order valence-electron chi connectivity index (χ1n) is 6.68. The van der Waals surface area contributed by atoms with E-state index in [-0.39, 0.29) is 18.6 Å². The maximum Gasteiger partial charge on any atom is 0.258 e. The molecule has 6 nitrogen and oxygen atoms in total. The van der Waals surface area contributed by atoms with E-state index in [0.717, 1.165) is 13.1 Å². The molecule has 0 bridgehead atoms. The SMILES string of the molecule is CN1CCOC(CNC(=O)COc2cccc(N)c2)C1. The van der Waals surface area contributed by atoms with E-state index in [2.05, 4.69) is 10.2 Å². The van der Waals surface area contributed by atoms with Gasteiger partial charge in [0.25, 0.3) is 5.91 Å². The second-order valence-corrected chi connectivity index (χ2v) is 4.92. The summed E-state index contributed by atoms with van der Waals surface area (Å²) < 4.78 is 10.9. The molecule has 1 aliphatic rings. The Balaban J connectivity index is 1.67. The van der Waals surface area contributed by atoms with Crippen LogP contribution in [-0.2, 0) is 9.53 Å². The van der Waals surface area contributed by atoms with Crippen LogP contribution in [-0.4, -0.2) is 56.8 Å². The molecule has 0 aromatic heterocycles. The second-order valence-electron chi connectivity index (χ2n) is 4.92. The number of ether oxygens (including phenoxy) is 2. The molecule has 0 aliphatic carbocycles. The highest BCUT2D eigenvalue weighted by molar-refractivity contribution is 5.77. The Morgan fingerprint density at radius 2 is 2.45 bits per heavy atom. The maximum atomic E-state index is 11.7. The Labute approximate surface area is 118 Å². The number of rotatable bonds is 5. The zero-order valence-electron chi connectivity index (χ0n) is 11.7. The number of nitrogens with two attached hydrogens (primary N) is 1. The predicted molar refractivity (Wildman–Crippen MR) is 76.6 cm³/mol. The summed E-state index contributed by atoms with van der Waals surface area (Å²) in [7, 11) is 2.04. The van der Waals surface area contributed by atoms with E-state index in [9.17, 15) is 4.79 Å².